The number of nitrogens with one attached hydrogen (secondary N) is 2. The topological polar surface area (TPSA) is 135 Å². The molecule has 3 aromatic carbocycles. The molecule has 0 atom stereocenters. The number of amides is 2. The van der Waals surface area contributed by atoms with Crippen molar-refractivity contribution in [2.24, 2.45) is 0 Å². The number of halogens is 2. The number of carbonyl (C=O) groups is 2. The number of hydrogen-bond donors (Lipinski definition) is 4. The monoisotopic (exact) mass is 640 g/mol. The van der Waals surface area contributed by atoms with E-state index in [9.17, 15) is 24.2 Å². The van der Waals surface area contributed by atoms with Crippen molar-refractivity contribution in [3.05, 3.63) is 101 Å². The molecule has 1 saturated heterocycles. The first-order valence-corrected chi connectivity index (χ1v) is 15.1. The maximum atomic E-state index is 15.0. The third-order valence-electron chi connectivity index (χ3n) is 8.54. The van der Waals surface area contributed by atoms with E-state index in [0.717, 1.165) is 22.9 Å². The van der Waals surface area contributed by atoms with E-state index in [2.05, 4.69) is 25.2 Å². The molecule has 0 radical (unpaired) electrons. The van der Waals surface area contributed by atoms with Crippen LogP contribution in [0.2, 0.25) is 0 Å². The van der Waals surface area contributed by atoms with Crippen LogP contribution in [0.4, 0.5) is 19.3 Å². The van der Waals surface area contributed by atoms with Gasteiger partial charge in [0.15, 0.2) is 0 Å². The number of H-pyrrole nitrogens is 1. The van der Waals surface area contributed by atoms with E-state index in [1.54, 1.807) is 6.92 Å². The Bertz CT molecular complexity index is 1980. The maximum absolute atomic E-state index is 15.0. The second-order valence-corrected chi connectivity index (χ2v) is 12.2. The average Bonchev–Trinajstić information content (AvgIpc) is 3.47. The number of carboxylic acid groups (broad SMARTS) is 1. The third-order valence-corrected chi connectivity index (χ3v) is 8.54. The summed E-state index contributed by atoms with van der Waals surface area (Å²) in [5.74, 6) is -2.17. The van der Waals surface area contributed by atoms with Crippen LogP contribution in [-0.4, -0.2) is 73.1 Å². The zero-order valence-electron chi connectivity index (χ0n) is 26.1. The quantitative estimate of drug-likeness (QED) is 0.168. The number of aromatic nitrogens is 3. The molecule has 0 unspecified atom stereocenters. The van der Waals surface area contributed by atoms with Gasteiger partial charge < -0.3 is 25.4 Å². The lowest BCUT2D eigenvalue weighted by Gasteiger charge is -2.33. The van der Waals surface area contributed by atoms with Crippen molar-refractivity contribution in [2.45, 2.75) is 32.9 Å². The third kappa shape index (κ3) is 6.69. The van der Waals surface area contributed by atoms with Gasteiger partial charge in [-0.1, -0.05) is 30.3 Å². The number of rotatable bonds is 7. The van der Waals surface area contributed by atoms with Crippen LogP contribution in [0.5, 0.6) is 0 Å². The van der Waals surface area contributed by atoms with Gasteiger partial charge in [0.05, 0.1) is 16.9 Å². The molecular weight excluding hydrogens is 606 g/mol. The molecule has 1 aliphatic heterocycles. The van der Waals surface area contributed by atoms with Crippen molar-refractivity contribution >= 4 is 28.7 Å². The Morgan fingerprint density at radius 1 is 0.979 bits per heavy atom. The van der Waals surface area contributed by atoms with Crippen LogP contribution in [0.25, 0.3) is 33.5 Å². The summed E-state index contributed by atoms with van der Waals surface area (Å²) in [6, 6.07) is 16.3. The van der Waals surface area contributed by atoms with Gasteiger partial charge in [0.1, 0.15) is 23.6 Å². The summed E-state index contributed by atoms with van der Waals surface area (Å²) >= 11 is 0. The number of hydrogen-bond acceptors (Lipinski definition) is 6. The molecule has 10 nitrogen and oxygen atoms in total. The van der Waals surface area contributed by atoms with Crippen molar-refractivity contribution in [1.29, 1.82) is 0 Å². The second-order valence-electron chi connectivity index (χ2n) is 12.2. The number of aromatic amines is 1. The summed E-state index contributed by atoms with van der Waals surface area (Å²) in [6.07, 6.45) is 0.496. The molecule has 3 heterocycles. The molecule has 5 aromatic rings. The standard InChI is InChI=1S/C35H34F2N6O4/c1-20-26(15-24(36)16-29(20)41-33(44)25-9-8-23(14-28(25)37)35(2,3)47)31-27-17-30(40-32(27)39-19-38-31)22-6-4-21(5-7-22)18-42-10-12-43(13-11-42)34(45)46/h4-9,14-17,19,47H,10-13,18H2,1-3H3,(H,41,44)(H,45,46)(H,38,39,40). The minimum Gasteiger partial charge on any atom is -0.465 e. The first-order chi connectivity index (χ1) is 22.4. The summed E-state index contributed by atoms with van der Waals surface area (Å²) in [6.45, 7) is 7.80. The number of piperazine rings is 1. The molecular formula is C35H34F2N6O4. The molecule has 242 valence electrons. The first-order valence-electron chi connectivity index (χ1n) is 15.1. The molecule has 4 N–H and O–H groups in total. The van der Waals surface area contributed by atoms with Crippen LogP contribution in [0.3, 0.4) is 0 Å². The zero-order valence-corrected chi connectivity index (χ0v) is 26.1. The SMILES string of the molecule is Cc1c(NC(=O)c2ccc(C(C)(C)O)cc2F)cc(F)cc1-c1ncnc2[nH]c(-c3ccc(CN4CCN(C(=O)O)CC4)cc3)cc12. The maximum Gasteiger partial charge on any atom is 0.407 e. The highest BCUT2D eigenvalue weighted by molar-refractivity contribution is 6.06. The molecule has 1 fully saturated rings. The lowest BCUT2D eigenvalue weighted by atomic mass is 9.96. The minimum atomic E-state index is -1.28. The van der Waals surface area contributed by atoms with Crippen LogP contribution >= 0.6 is 0 Å². The van der Waals surface area contributed by atoms with Crippen molar-refractivity contribution in [3.8, 4) is 22.5 Å². The van der Waals surface area contributed by atoms with Crippen LogP contribution in [0.1, 0.15) is 40.9 Å². The molecule has 47 heavy (non-hydrogen) atoms. The predicted molar refractivity (Wildman–Crippen MR) is 174 cm³/mol. The highest BCUT2D eigenvalue weighted by atomic mass is 19.1. The van der Waals surface area contributed by atoms with Gasteiger partial charge in [-0.05, 0) is 73.4 Å². The van der Waals surface area contributed by atoms with E-state index in [0.29, 0.717) is 66.1 Å². The van der Waals surface area contributed by atoms with Gasteiger partial charge >= 0.3 is 6.09 Å². The van der Waals surface area contributed by atoms with Crippen LogP contribution < -0.4 is 5.32 Å². The van der Waals surface area contributed by atoms with Crippen LogP contribution in [-0.2, 0) is 12.1 Å². The summed E-state index contributed by atoms with van der Waals surface area (Å²) < 4.78 is 29.9. The smallest absolute Gasteiger partial charge is 0.407 e. The van der Waals surface area contributed by atoms with E-state index >= 15 is 4.39 Å². The molecule has 6 rings (SSSR count). The van der Waals surface area contributed by atoms with E-state index < -0.39 is 29.2 Å². The highest BCUT2D eigenvalue weighted by Crippen LogP contribution is 2.35. The zero-order chi connectivity index (χ0) is 33.5. The number of anilines is 1. The van der Waals surface area contributed by atoms with Gasteiger partial charge in [-0.15, -0.1) is 0 Å². The molecule has 12 heteroatoms. The summed E-state index contributed by atoms with van der Waals surface area (Å²) in [7, 11) is 0. The number of aliphatic hydroxyl groups is 1. The Kier molecular flexibility index (Phi) is 8.47. The second kappa shape index (κ2) is 12.5. The molecule has 1 aliphatic rings. The number of nitrogens with zero attached hydrogens (tertiary/aromatic N) is 4. The van der Waals surface area contributed by atoms with E-state index in [4.69, 9.17) is 0 Å². The van der Waals surface area contributed by atoms with Gasteiger partial charge in [0.25, 0.3) is 5.91 Å². The lowest BCUT2D eigenvalue weighted by Crippen LogP contribution is -2.47. The molecule has 0 spiro atoms. The van der Waals surface area contributed by atoms with Crippen molar-refractivity contribution < 1.29 is 28.6 Å². The fourth-order valence-electron chi connectivity index (χ4n) is 5.78. The first kappa shape index (κ1) is 31.8. The van der Waals surface area contributed by atoms with Gasteiger partial charge in [0.2, 0.25) is 0 Å². The molecule has 2 aromatic heterocycles. The summed E-state index contributed by atoms with van der Waals surface area (Å²) in [5, 5.41) is 22.6. The molecule has 0 saturated carbocycles. The fourth-order valence-corrected chi connectivity index (χ4v) is 5.78. The highest BCUT2D eigenvalue weighted by Gasteiger charge is 2.23. The Labute approximate surface area is 269 Å². The van der Waals surface area contributed by atoms with Gasteiger partial charge in [0, 0.05) is 55.1 Å². The number of carbonyl (C=O) groups excluding carboxylic acids is 1. The Morgan fingerprint density at radius 2 is 1.70 bits per heavy atom. The van der Waals surface area contributed by atoms with Crippen molar-refractivity contribution in [1.82, 2.24) is 24.8 Å². The Hall–Kier alpha value is -5.20. The summed E-state index contributed by atoms with van der Waals surface area (Å²) in [4.78, 5) is 40.1. The van der Waals surface area contributed by atoms with Gasteiger partial charge in [-0.25, -0.2) is 23.5 Å². The van der Waals surface area contributed by atoms with E-state index in [1.807, 2.05) is 30.3 Å². The fraction of sp³-hybridized carbons (Fsp3) is 0.257. The van der Waals surface area contributed by atoms with Crippen LogP contribution in [0, 0.1) is 18.6 Å². The number of fused-ring (bicyclic) bond motifs is 1. The average molecular weight is 641 g/mol. The Balaban J connectivity index is 1.24. The largest absolute Gasteiger partial charge is 0.465 e. The minimum absolute atomic E-state index is 0.165. The van der Waals surface area contributed by atoms with Gasteiger partial charge in [-0.3, -0.25) is 9.69 Å². The van der Waals surface area contributed by atoms with Crippen molar-refractivity contribution in [2.75, 3.05) is 31.5 Å². The number of benzene rings is 3. The molecule has 0 bridgehead atoms. The molecule has 0 aliphatic carbocycles. The lowest BCUT2D eigenvalue weighted by molar-refractivity contribution is 0.0780. The summed E-state index contributed by atoms with van der Waals surface area (Å²) in [5.41, 5.74) is 3.75. The van der Waals surface area contributed by atoms with Crippen molar-refractivity contribution in [3.63, 3.8) is 0 Å². The Morgan fingerprint density at radius 3 is 2.36 bits per heavy atom. The van der Waals surface area contributed by atoms with Crippen LogP contribution in [0.15, 0.2) is 67.0 Å². The molecule has 2 amide bonds. The predicted octanol–water partition coefficient (Wildman–Crippen LogP) is 6.15. The van der Waals surface area contributed by atoms with Gasteiger partial charge in [-0.2, -0.15) is 0 Å². The normalized spacial score (nSPS) is 14.0. The van der Waals surface area contributed by atoms with E-state index in [1.165, 1.54) is 49.3 Å². The van der Waals surface area contributed by atoms with E-state index in [-0.39, 0.29) is 11.3 Å².